The largest absolute Gasteiger partial charge is 0.497 e. The summed E-state index contributed by atoms with van der Waals surface area (Å²) in [6.07, 6.45) is 3.56. The topological polar surface area (TPSA) is 29.5 Å². The zero-order valence-corrected chi connectivity index (χ0v) is 10.5. The van der Waals surface area contributed by atoms with E-state index in [1.54, 1.807) is 7.11 Å². The van der Waals surface area contributed by atoms with E-state index in [1.165, 1.54) is 19.3 Å². The molecule has 0 bridgehead atoms. The van der Waals surface area contributed by atoms with Gasteiger partial charge in [0, 0.05) is 0 Å². The summed E-state index contributed by atoms with van der Waals surface area (Å²) in [4.78, 5) is 0. The van der Waals surface area contributed by atoms with E-state index in [1.807, 2.05) is 18.2 Å². The van der Waals surface area contributed by atoms with Crippen LogP contribution in [0.1, 0.15) is 36.5 Å². The van der Waals surface area contributed by atoms with Gasteiger partial charge in [0.2, 0.25) is 0 Å². The van der Waals surface area contributed by atoms with Crippen molar-refractivity contribution in [1.82, 2.24) is 0 Å². The lowest BCUT2D eigenvalue weighted by molar-refractivity contribution is 0.104. The Bertz CT molecular complexity index is 417. The first kappa shape index (κ1) is 11.1. The summed E-state index contributed by atoms with van der Waals surface area (Å²) < 4.78 is 5.20. The molecule has 0 amide bonds. The van der Waals surface area contributed by atoms with Crippen LogP contribution in [0.5, 0.6) is 5.75 Å². The van der Waals surface area contributed by atoms with E-state index in [4.69, 9.17) is 4.74 Å². The van der Waals surface area contributed by atoms with Crippen LogP contribution >= 0.6 is 0 Å². The summed E-state index contributed by atoms with van der Waals surface area (Å²) in [6.45, 7) is 2.05. The van der Waals surface area contributed by atoms with Gasteiger partial charge in [-0.05, 0) is 67.2 Å². The Balaban J connectivity index is 1.78. The highest BCUT2D eigenvalue weighted by atomic mass is 16.5. The third kappa shape index (κ3) is 1.95. The lowest BCUT2D eigenvalue weighted by atomic mass is 9.89. The van der Waals surface area contributed by atoms with Crippen LogP contribution in [0.4, 0.5) is 0 Å². The number of aliphatic hydroxyl groups excluding tert-OH is 1. The summed E-state index contributed by atoms with van der Waals surface area (Å²) in [5, 5.41) is 10.5. The molecule has 17 heavy (non-hydrogen) atoms. The Morgan fingerprint density at radius 1 is 1.24 bits per heavy atom. The lowest BCUT2D eigenvalue weighted by Gasteiger charge is -2.21. The molecule has 0 saturated heterocycles. The molecule has 2 aliphatic rings. The maximum Gasteiger partial charge on any atom is 0.119 e. The Labute approximate surface area is 103 Å². The fourth-order valence-corrected chi connectivity index (χ4v) is 3.38. The van der Waals surface area contributed by atoms with Crippen molar-refractivity contribution in [2.75, 3.05) is 7.11 Å². The van der Waals surface area contributed by atoms with Crippen LogP contribution in [0.15, 0.2) is 18.2 Å². The predicted molar refractivity (Wildman–Crippen MR) is 67.0 cm³/mol. The monoisotopic (exact) mass is 232 g/mol. The van der Waals surface area contributed by atoms with Crippen LogP contribution in [0.2, 0.25) is 0 Å². The number of aliphatic hydroxyl groups is 1. The van der Waals surface area contributed by atoms with E-state index >= 15 is 0 Å². The van der Waals surface area contributed by atoms with Crippen molar-refractivity contribution < 1.29 is 9.84 Å². The van der Waals surface area contributed by atoms with E-state index < -0.39 is 0 Å². The molecule has 1 aromatic carbocycles. The van der Waals surface area contributed by atoms with Crippen molar-refractivity contribution in [3.8, 4) is 5.75 Å². The van der Waals surface area contributed by atoms with Gasteiger partial charge in [0.1, 0.15) is 5.75 Å². The first-order valence-corrected chi connectivity index (χ1v) is 6.51. The zero-order valence-electron chi connectivity index (χ0n) is 10.5. The lowest BCUT2D eigenvalue weighted by Crippen LogP contribution is -2.12. The fraction of sp³-hybridized carbons (Fsp3) is 0.600. The number of aryl methyl sites for hydroxylation is 1. The molecule has 3 unspecified atom stereocenters. The van der Waals surface area contributed by atoms with Gasteiger partial charge in [0.05, 0.1) is 13.2 Å². The number of hydrogen-bond donors (Lipinski definition) is 1. The minimum absolute atomic E-state index is 0.284. The van der Waals surface area contributed by atoms with Crippen LogP contribution in [0.25, 0.3) is 0 Å². The number of benzene rings is 1. The molecule has 1 N–H and O–H groups in total. The van der Waals surface area contributed by atoms with Crippen LogP contribution in [-0.2, 0) is 0 Å². The quantitative estimate of drug-likeness (QED) is 0.867. The summed E-state index contributed by atoms with van der Waals surface area (Å²) >= 11 is 0. The molecule has 2 fully saturated rings. The second kappa shape index (κ2) is 4.02. The number of methoxy groups -OCH3 is 1. The predicted octanol–water partition coefficient (Wildman–Crippen LogP) is 3.08. The highest BCUT2D eigenvalue weighted by Gasteiger charge is 2.47. The second-order valence-electron chi connectivity index (χ2n) is 5.65. The minimum Gasteiger partial charge on any atom is -0.497 e. The zero-order chi connectivity index (χ0) is 12.0. The molecular formula is C15H20O2. The Hall–Kier alpha value is -1.02. The molecule has 0 aromatic heterocycles. The molecule has 3 atom stereocenters. The normalized spacial score (nSPS) is 32.1. The molecule has 3 rings (SSSR count). The molecule has 2 nitrogen and oxygen atoms in total. The smallest absolute Gasteiger partial charge is 0.119 e. The van der Waals surface area contributed by atoms with E-state index in [2.05, 4.69) is 6.92 Å². The van der Waals surface area contributed by atoms with Crippen molar-refractivity contribution in [3.63, 3.8) is 0 Å². The summed E-state index contributed by atoms with van der Waals surface area (Å²) in [7, 11) is 1.68. The Morgan fingerprint density at radius 3 is 2.53 bits per heavy atom. The van der Waals surface area contributed by atoms with Gasteiger partial charge in [-0.25, -0.2) is 0 Å². The minimum atomic E-state index is -0.284. The molecule has 0 aliphatic heterocycles. The second-order valence-corrected chi connectivity index (χ2v) is 5.65. The van der Waals surface area contributed by atoms with Crippen LogP contribution < -0.4 is 4.74 Å². The molecule has 2 saturated carbocycles. The van der Waals surface area contributed by atoms with Gasteiger partial charge in [-0.2, -0.15) is 0 Å². The van der Waals surface area contributed by atoms with Gasteiger partial charge in [0.25, 0.3) is 0 Å². The SMILES string of the molecule is COc1ccc(C(O)C2CC3CC3C2)c(C)c1. The van der Waals surface area contributed by atoms with E-state index in [-0.39, 0.29) is 6.10 Å². The van der Waals surface area contributed by atoms with Crippen LogP contribution in [0, 0.1) is 24.7 Å². The molecule has 92 valence electrons. The molecule has 2 aliphatic carbocycles. The van der Waals surface area contributed by atoms with Gasteiger partial charge in [-0.3, -0.25) is 0 Å². The van der Waals surface area contributed by atoms with Gasteiger partial charge >= 0.3 is 0 Å². The van der Waals surface area contributed by atoms with E-state index in [0.29, 0.717) is 5.92 Å². The van der Waals surface area contributed by atoms with Gasteiger partial charge < -0.3 is 9.84 Å². The van der Waals surface area contributed by atoms with Gasteiger partial charge in [-0.1, -0.05) is 6.07 Å². The third-order valence-corrected chi connectivity index (χ3v) is 4.52. The molecule has 1 aromatic rings. The number of fused-ring (bicyclic) bond motifs is 1. The van der Waals surface area contributed by atoms with Crippen molar-refractivity contribution in [2.24, 2.45) is 17.8 Å². The third-order valence-electron chi connectivity index (χ3n) is 4.52. The van der Waals surface area contributed by atoms with Crippen molar-refractivity contribution in [3.05, 3.63) is 29.3 Å². The maximum absolute atomic E-state index is 10.5. The van der Waals surface area contributed by atoms with E-state index in [9.17, 15) is 5.11 Å². The molecular weight excluding hydrogens is 212 g/mol. The number of hydrogen-bond acceptors (Lipinski definition) is 2. The van der Waals surface area contributed by atoms with Gasteiger partial charge in [0.15, 0.2) is 0 Å². The molecule has 2 heteroatoms. The molecule has 0 spiro atoms. The summed E-state index contributed by atoms with van der Waals surface area (Å²) in [5.74, 6) is 3.19. The highest BCUT2D eigenvalue weighted by molar-refractivity contribution is 5.36. The summed E-state index contributed by atoms with van der Waals surface area (Å²) in [6, 6.07) is 5.97. The van der Waals surface area contributed by atoms with Gasteiger partial charge in [-0.15, -0.1) is 0 Å². The highest BCUT2D eigenvalue weighted by Crippen LogP contribution is 2.57. The number of rotatable bonds is 3. The first-order valence-electron chi connectivity index (χ1n) is 6.51. The first-order chi connectivity index (χ1) is 8.19. The van der Waals surface area contributed by atoms with E-state index in [0.717, 1.165) is 28.7 Å². The van der Waals surface area contributed by atoms with Crippen molar-refractivity contribution in [1.29, 1.82) is 0 Å². The Morgan fingerprint density at radius 2 is 1.94 bits per heavy atom. The molecule has 0 radical (unpaired) electrons. The summed E-state index contributed by atoms with van der Waals surface area (Å²) in [5.41, 5.74) is 2.22. The fourth-order valence-electron chi connectivity index (χ4n) is 3.38. The maximum atomic E-state index is 10.5. The van der Waals surface area contributed by atoms with Crippen molar-refractivity contribution in [2.45, 2.75) is 32.3 Å². The Kier molecular flexibility index (Phi) is 2.62. The van der Waals surface area contributed by atoms with Crippen LogP contribution in [0.3, 0.4) is 0 Å². The average Bonchev–Trinajstić information content (AvgIpc) is 2.95. The van der Waals surface area contributed by atoms with Crippen molar-refractivity contribution >= 4 is 0 Å². The van der Waals surface area contributed by atoms with Crippen LogP contribution in [-0.4, -0.2) is 12.2 Å². The average molecular weight is 232 g/mol. The molecule has 0 heterocycles. The number of ether oxygens (including phenoxy) is 1. The standard InChI is InChI=1S/C15H20O2/c1-9-5-13(17-2)3-4-14(9)15(16)12-7-10-6-11(10)8-12/h3-5,10-12,15-16H,6-8H2,1-2H3.